The fourth-order valence-electron chi connectivity index (χ4n) is 3.02. The van der Waals surface area contributed by atoms with Crippen molar-refractivity contribution in [3.63, 3.8) is 0 Å². The predicted octanol–water partition coefficient (Wildman–Crippen LogP) is 3.70. The summed E-state index contributed by atoms with van der Waals surface area (Å²) in [6, 6.07) is 4.83. The molecule has 1 aliphatic carbocycles. The third-order valence-electron chi connectivity index (χ3n) is 4.11. The van der Waals surface area contributed by atoms with Crippen LogP contribution in [0.4, 0.5) is 5.69 Å². The molecule has 2 N–H and O–H groups in total. The molecule has 1 aliphatic rings. The first kappa shape index (κ1) is 14.3. The Labute approximate surface area is 118 Å². The normalized spacial score (nSPS) is 26.6. The van der Waals surface area contributed by atoms with Gasteiger partial charge < -0.3 is 5.73 Å². The Kier molecular flexibility index (Phi) is 4.11. The zero-order valence-corrected chi connectivity index (χ0v) is 11.8. The summed E-state index contributed by atoms with van der Waals surface area (Å²) in [5, 5.41) is 11.5. The molecule has 1 saturated carbocycles. The van der Waals surface area contributed by atoms with E-state index in [2.05, 4.69) is 6.92 Å². The predicted molar refractivity (Wildman–Crippen MR) is 76.4 cm³/mol. The molecule has 0 saturated heterocycles. The number of nitrogens with two attached hydrogens (primary N) is 1. The van der Waals surface area contributed by atoms with Crippen LogP contribution >= 0.6 is 11.6 Å². The van der Waals surface area contributed by atoms with Gasteiger partial charge >= 0.3 is 0 Å². The van der Waals surface area contributed by atoms with Gasteiger partial charge in [-0.05, 0) is 37.7 Å². The van der Waals surface area contributed by atoms with Gasteiger partial charge in [0.1, 0.15) is 0 Å². The number of nitro benzene ring substituents is 1. The highest BCUT2D eigenvalue weighted by atomic mass is 35.5. The summed E-state index contributed by atoms with van der Waals surface area (Å²) in [5.74, 6) is 0.649. The van der Waals surface area contributed by atoms with Crippen LogP contribution in [-0.4, -0.2) is 10.5 Å². The number of benzene rings is 1. The minimum absolute atomic E-state index is 0.0808. The van der Waals surface area contributed by atoms with Crippen molar-refractivity contribution < 1.29 is 4.92 Å². The Morgan fingerprint density at radius 1 is 1.58 bits per heavy atom. The van der Waals surface area contributed by atoms with Crippen LogP contribution in [0.25, 0.3) is 0 Å². The van der Waals surface area contributed by atoms with E-state index in [0.717, 1.165) is 25.7 Å². The third kappa shape index (κ3) is 3.25. The molecule has 5 heteroatoms. The average Bonchev–Trinajstić information content (AvgIpc) is 2.73. The van der Waals surface area contributed by atoms with Crippen LogP contribution in [0.2, 0.25) is 5.02 Å². The number of nitrogens with zero attached hydrogens (tertiary/aromatic N) is 1. The fraction of sp³-hybridized carbons (Fsp3) is 0.571. The van der Waals surface area contributed by atoms with Gasteiger partial charge in [0.05, 0.1) is 4.92 Å². The monoisotopic (exact) mass is 282 g/mol. The van der Waals surface area contributed by atoms with Gasteiger partial charge in [0, 0.05) is 22.2 Å². The summed E-state index contributed by atoms with van der Waals surface area (Å²) >= 11 is 5.82. The lowest BCUT2D eigenvalue weighted by molar-refractivity contribution is -0.385. The van der Waals surface area contributed by atoms with E-state index in [9.17, 15) is 10.1 Å². The molecule has 4 nitrogen and oxygen atoms in total. The molecule has 0 aliphatic heterocycles. The molecule has 1 aromatic carbocycles. The van der Waals surface area contributed by atoms with Gasteiger partial charge in [-0.1, -0.05) is 31.0 Å². The highest BCUT2D eigenvalue weighted by molar-refractivity contribution is 6.30. The molecule has 0 spiro atoms. The molecule has 1 fully saturated rings. The number of hydrogen-bond acceptors (Lipinski definition) is 3. The molecule has 2 unspecified atom stereocenters. The van der Waals surface area contributed by atoms with Crippen molar-refractivity contribution in [1.29, 1.82) is 0 Å². The maximum atomic E-state index is 11.1. The van der Waals surface area contributed by atoms with Crippen LogP contribution in [-0.2, 0) is 6.42 Å². The van der Waals surface area contributed by atoms with E-state index in [4.69, 9.17) is 17.3 Å². The Balaban J connectivity index is 2.22. The van der Waals surface area contributed by atoms with Gasteiger partial charge in [0.2, 0.25) is 0 Å². The van der Waals surface area contributed by atoms with Crippen LogP contribution in [0.15, 0.2) is 18.2 Å². The molecule has 0 amide bonds. The van der Waals surface area contributed by atoms with E-state index >= 15 is 0 Å². The zero-order valence-electron chi connectivity index (χ0n) is 11.1. The molecule has 19 heavy (non-hydrogen) atoms. The fourth-order valence-corrected chi connectivity index (χ4v) is 3.18. The van der Waals surface area contributed by atoms with Crippen LogP contribution in [0.5, 0.6) is 0 Å². The second kappa shape index (κ2) is 5.47. The van der Waals surface area contributed by atoms with Gasteiger partial charge in [-0.3, -0.25) is 10.1 Å². The summed E-state index contributed by atoms with van der Waals surface area (Å²) in [6.45, 7) is 2.17. The molecule has 1 aromatic rings. The average molecular weight is 283 g/mol. The van der Waals surface area contributed by atoms with Crippen LogP contribution in [0.3, 0.4) is 0 Å². The van der Waals surface area contributed by atoms with Gasteiger partial charge in [-0.25, -0.2) is 0 Å². The Morgan fingerprint density at radius 2 is 2.32 bits per heavy atom. The second-order valence-corrected chi connectivity index (χ2v) is 6.02. The topological polar surface area (TPSA) is 69.2 Å². The Bertz CT molecular complexity index is 492. The third-order valence-corrected chi connectivity index (χ3v) is 4.34. The molecule has 0 heterocycles. The first-order valence-corrected chi connectivity index (χ1v) is 7.03. The summed E-state index contributed by atoms with van der Waals surface area (Å²) in [5.41, 5.74) is 6.87. The quantitative estimate of drug-likeness (QED) is 0.676. The lowest BCUT2D eigenvalue weighted by Gasteiger charge is -2.24. The van der Waals surface area contributed by atoms with Crippen molar-refractivity contribution in [2.75, 3.05) is 0 Å². The van der Waals surface area contributed by atoms with Gasteiger partial charge in [0.15, 0.2) is 0 Å². The van der Waals surface area contributed by atoms with Crippen molar-refractivity contribution >= 4 is 17.3 Å². The lowest BCUT2D eigenvalue weighted by atomic mass is 9.88. The van der Waals surface area contributed by atoms with Crippen molar-refractivity contribution in [2.24, 2.45) is 11.7 Å². The summed E-state index contributed by atoms with van der Waals surface area (Å²) < 4.78 is 0. The van der Waals surface area contributed by atoms with Gasteiger partial charge in [0.25, 0.3) is 5.69 Å². The lowest BCUT2D eigenvalue weighted by Crippen LogP contribution is -2.39. The van der Waals surface area contributed by atoms with Crippen molar-refractivity contribution in [2.45, 2.75) is 44.6 Å². The maximum absolute atomic E-state index is 11.1. The number of hydrogen-bond donors (Lipinski definition) is 1. The molecule has 0 aromatic heterocycles. The zero-order chi connectivity index (χ0) is 14.0. The highest BCUT2D eigenvalue weighted by Crippen LogP contribution is 2.38. The maximum Gasteiger partial charge on any atom is 0.274 e. The number of rotatable bonds is 4. The van der Waals surface area contributed by atoms with Crippen LogP contribution in [0.1, 0.15) is 38.2 Å². The van der Waals surface area contributed by atoms with E-state index in [-0.39, 0.29) is 16.1 Å². The summed E-state index contributed by atoms with van der Waals surface area (Å²) in [7, 11) is 0. The van der Waals surface area contributed by atoms with E-state index in [0.29, 0.717) is 22.9 Å². The standard InChI is InChI=1S/C14H19ClN2O2/c1-2-10-5-6-14(16,8-10)9-11-3-4-12(15)7-13(11)17(18)19/h3-4,7,10H,2,5-6,8-9,16H2,1H3. The minimum atomic E-state index is -0.378. The van der Waals surface area contributed by atoms with Crippen molar-refractivity contribution in [3.8, 4) is 0 Å². The highest BCUT2D eigenvalue weighted by Gasteiger charge is 2.36. The largest absolute Gasteiger partial charge is 0.325 e. The van der Waals surface area contributed by atoms with E-state index in [1.54, 1.807) is 12.1 Å². The van der Waals surface area contributed by atoms with Crippen molar-refractivity contribution in [3.05, 3.63) is 38.9 Å². The molecular formula is C14H19ClN2O2. The number of halogens is 1. The van der Waals surface area contributed by atoms with Gasteiger partial charge in [-0.15, -0.1) is 0 Å². The first-order valence-electron chi connectivity index (χ1n) is 6.65. The van der Waals surface area contributed by atoms with Gasteiger partial charge in [-0.2, -0.15) is 0 Å². The molecule has 0 radical (unpaired) electrons. The summed E-state index contributed by atoms with van der Waals surface area (Å²) in [6.07, 6.45) is 4.68. The first-order chi connectivity index (χ1) is 8.93. The molecule has 0 bridgehead atoms. The molecule has 2 rings (SSSR count). The smallest absolute Gasteiger partial charge is 0.274 e. The Hall–Kier alpha value is -1.13. The SMILES string of the molecule is CCC1CCC(N)(Cc2ccc(Cl)cc2[N+](=O)[O-])C1. The van der Waals surface area contributed by atoms with Crippen LogP contribution in [0, 0.1) is 16.0 Å². The van der Waals surface area contributed by atoms with Crippen molar-refractivity contribution in [1.82, 2.24) is 0 Å². The van der Waals surface area contributed by atoms with E-state index in [1.165, 1.54) is 6.07 Å². The van der Waals surface area contributed by atoms with E-state index in [1.807, 2.05) is 0 Å². The summed E-state index contributed by atoms with van der Waals surface area (Å²) in [4.78, 5) is 10.7. The second-order valence-electron chi connectivity index (χ2n) is 5.59. The minimum Gasteiger partial charge on any atom is -0.325 e. The Morgan fingerprint density at radius 3 is 2.89 bits per heavy atom. The molecule has 2 atom stereocenters. The number of nitro groups is 1. The van der Waals surface area contributed by atoms with Crippen LogP contribution < -0.4 is 5.73 Å². The van der Waals surface area contributed by atoms with E-state index < -0.39 is 0 Å². The molecule has 104 valence electrons. The molecular weight excluding hydrogens is 264 g/mol.